The Kier molecular flexibility index (Phi) is 4.31. The molecule has 0 amide bonds. The minimum atomic E-state index is -7.14. The fourth-order valence-corrected chi connectivity index (χ4v) is 0.913. The topological polar surface area (TPSA) is 0 Å². The van der Waals surface area contributed by atoms with Gasteiger partial charge in [0, 0.05) is 0 Å². The Bertz CT molecular complexity index is 294. The Hall–Kier alpha value is -1.03. The molecule has 0 heterocycles. The number of allylic oxidation sites excluding steroid dienone is 1. The van der Waals surface area contributed by atoms with Crippen molar-refractivity contribution in [3.05, 3.63) is 12.4 Å². The molecule has 0 saturated heterocycles. The Morgan fingerprint density at radius 3 is 1.28 bits per heavy atom. The largest absolute Gasteiger partial charge is 0.437 e. The first-order valence-corrected chi connectivity index (χ1v) is 3.84. The molecule has 0 fully saturated rings. The highest BCUT2D eigenvalue weighted by Gasteiger charge is 2.85. The minimum absolute atomic E-state index is 0.966. The van der Waals surface area contributed by atoms with Gasteiger partial charge >= 0.3 is 23.9 Å². The molecule has 0 nitrogen and oxygen atoms in total. The van der Waals surface area contributed by atoms with E-state index in [1.165, 1.54) is 0 Å². The van der Waals surface area contributed by atoms with Crippen molar-refractivity contribution in [2.75, 3.05) is 0 Å². The molecule has 0 spiro atoms. The van der Waals surface area contributed by atoms with Crippen molar-refractivity contribution >= 4 is 0 Å². The van der Waals surface area contributed by atoms with E-state index in [1.807, 2.05) is 0 Å². The maximum absolute atomic E-state index is 12.8. The van der Waals surface area contributed by atoms with E-state index in [-0.39, 0.29) is 0 Å². The lowest BCUT2D eigenvalue weighted by Crippen LogP contribution is -2.67. The molecule has 0 aliphatic carbocycles. The molecule has 0 N–H and O–H groups in total. The van der Waals surface area contributed by atoms with Gasteiger partial charge in [0.25, 0.3) is 0 Å². The number of alkyl halides is 10. The van der Waals surface area contributed by atoms with E-state index in [2.05, 4.69) is 0 Å². The molecule has 0 aliphatic heterocycles. The fraction of sp³-hybridized carbons (Fsp3) is 0.714. The summed E-state index contributed by atoms with van der Waals surface area (Å²) in [5.74, 6) is -6.58. The monoisotopic (exact) mass is 296 g/mol. The number of rotatable bonds is 3. The first-order chi connectivity index (χ1) is 7.73. The normalized spacial score (nSPS) is 17.3. The van der Waals surface area contributed by atoms with Crippen LogP contribution >= 0.6 is 0 Å². The van der Waals surface area contributed by atoms with Crippen LogP contribution in [0.3, 0.4) is 0 Å². The SMILES string of the molecule is FC=CC(F)C(F)(F)C(F)(C(F)(F)F)C(F)(F)F. The smallest absolute Gasteiger partial charge is 0.236 e. The molecule has 0 bridgehead atoms. The molecule has 0 aromatic rings. The van der Waals surface area contributed by atoms with Crippen LogP contribution in [-0.2, 0) is 0 Å². The van der Waals surface area contributed by atoms with E-state index >= 15 is 0 Å². The summed E-state index contributed by atoms with van der Waals surface area (Å²) < 4.78 is 133. The van der Waals surface area contributed by atoms with Crippen LogP contribution in [0, 0.1) is 0 Å². The Labute approximate surface area is 92.1 Å². The predicted molar refractivity (Wildman–Crippen MR) is 36.0 cm³/mol. The minimum Gasteiger partial charge on any atom is -0.236 e. The number of hydrogen-bond donors (Lipinski definition) is 0. The molecule has 0 aliphatic rings. The van der Waals surface area contributed by atoms with Crippen molar-refractivity contribution in [3.63, 3.8) is 0 Å². The summed E-state index contributed by atoms with van der Waals surface area (Å²) in [7, 11) is 0. The van der Waals surface area contributed by atoms with Crippen molar-refractivity contribution in [1.82, 2.24) is 0 Å². The summed E-state index contributed by atoms with van der Waals surface area (Å²) in [6, 6.07) is 0. The maximum atomic E-state index is 12.8. The standard InChI is InChI=1S/C7H3F11/c8-2-1-3(9)4(10,11)5(12,6(13,14)15)7(16,17)18/h1-3H. The lowest BCUT2D eigenvalue weighted by Gasteiger charge is -2.36. The van der Waals surface area contributed by atoms with Crippen LogP contribution in [0.2, 0.25) is 0 Å². The molecule has 11 heteroatoms. The third-order valence-corrected chi connectivity index (χ3v) is 1.83. The van der Waals surface area contributed by atoms with E-state index in [0.29, 0.717) is 0 Å². The summed E-state index contributed by atoms with van der Waals surface area (Å²) in [5, 5.41) is 0. The van der Waals surface area contributed by atoms with Crippen LogP contribution in [-0.4, -0.2) is 30.1 Å². The van der Waals surface area contributed by atoms with Gasteiger partial charge in [-0.2, -0.15) is 35.1 Å². The lowest BCUT2D eigenvalue weighted by atomic mass is 9.92. The van der Waals surface area contributed by atoms with Gasteiger partial charge in [0.05, 0.1) is 6.33 Å². The van der Waals surface area contributed by atoms with Gasteiger partial charge in [-0.1, -0.05) is 0 Å². The second-order valence-electron chi connectivity index (χ2n) is 3.00. The second kappa shape index (κ2) is 4.57. The highest BCUT2D eigenvalue weighted by atomic mass is 19.4. The molecule has 0 radical (unpaired) electrons. The van der Waals surface area contributed by atoms with Crippen molar-refractivity contribution in [2.45, 2.75) is 30.1 Å². The number of halogens is 11. The average molecular weight is 296 g/mol. The third-order valence-electron chi connectivity index (χ3n) is 1.83. The third kappa shape index (κ3) is 2.39. The second-order valence-corrected chi connectivity index (χ2v) is 3.00. The lowest BCUT2D eigenvalue weighted by molar-refractivity contribution is -0.402. The molecular weight excluding hydrogens is 293 g/mol. The maximum Gasteiger partial charge on any atom is 0.437 e. The van der Waals surface area contributed by atoms with E-state index in [0.717, 1.165) is 0 Å². The molecule has 18 heavy (non-hydrogen) atoms. The van der Waals surface area contributed by atoms with Gasteiger partial charge < -0.3 is 0 Å². The van der Waals surface area contributed by atoms with Gasteiger partial charge in [0.15, 0.2) is 6.17 Å². The van der Waals surface area contributed by atoms with Crippen molar-refractivity contribution in [1.29, 1.82) is 0 Å². The van der Waals surface area contributed by atoms with E-state index in [9.17, 15) is 48.3 Å². The summed E-state index contributed by atoms with van der Waals surface area (Å²) in [4.78, 5) is 0. The zero-order valence-electron chi connectivity index (χ0n) is 7.89. The van der Waals surface area contributed by atoms with Crippen LogP contribution < -0.4 is 0 Å². The number of hydrogen-bond acceptors (Lipinski definition) is 0. The van der Waals surface area contributed by atoms with Crippen molar-refractivity contribution in [2.24, 2.45) is 0 Å². The summed E-state index contributed by atoms with van der Waals surface area (Å²) in [5.41, 5.74) is -7.13. The van der Waals surface area contributed by atoms with Gasteiger partial charge in [-0.05, 0) is 6.08 Å². The van der Waals surface area contributed by atoms with E-state index in [1.54, 1.807) is 0 Å². The molecule has 108 valence electrons. The van der Waals surface area contributed by atoms with Crippen molar-refractivity contribution < 1.29 is 48.3 Å². The fourth-order valence-electron chi connectivity index (χ4n) is 0.913. The molecule has 0 aromatic carbocycles. The predicted octanol–water partition coefficient (Wildman–Crippen LogP) is 4.28. The van der Waals surface area contributed by atoms with Gasteiger partial charge in [-0.25, -0.2) is 13.2 Å². The van der Waals surface area contributed by atoms with E-state index < -0.39 is 42.5 Å². The highest BCUT2D eigenvalue weighted by molar-refractivity contribution is 5.12. The highest BCUT2D eigenvalue weighted by Crippen LogP contribution is 2.56. The Morgan fingerprint density at radius 1 is 0.722 bits per heavy atom. The van der Waals surface area contributed by atoms with Crippen LogP contribution in [0.15, 0.2) is 12.4 Å². The summed E-state index contributed by atoms with van der Waals surface area (Å²) >= 11 is 0. The summed E-state index contributed by atoms with van der Waals surface area (Å²) in [6.45, 7) is 0. The Morgan fingerprint density at radius 2 is 1.06 bits per heavy atom. The van der Waals surface area contributed by atoms with Gasteiger partial charge in [0.1, 0.15) is 0 Å². The zero-order chi connectivity index (χ0) is 15.0. The molecule has 1 atom stereocenters. The average Bonchev–Trinajstić information content (AvgIpc) is 2.12. The molecular formula is C7H3F11. The molecule has 0 rings (SSSR count). The Balaban J connectivity index is 5.91. The van der Waals surface area contributed by atoms with Gasteiger partial charge in [0.2, 0.25) is 0 Å². The first kappa shape index (κ1) is 17.0. The quantitative estimate of drug-likeness (QED) is 0.682. The van der Waals surface area contributed by atoms with Crippen LogP contribution in [0.5, 0.6) is 0 Å². The summed E-state index contributed by atoms with van der Waals surface area (Å²) in [6.07, 6.45) is -20.7. The van der Waals surface area contributed by atoms with Crippen LogP contribution in [0.25, 0.3) is 0 Å². The first-order valence-electron chi connectivity index (χ1n) is 3.84. The van der Waals surface area contributed by atoms with Crippen LogP contribution in [0.4, 0.5) is 48.3 Å². The van der Waals surface area contributed by atoms with Crippen LogP contribution in [0.1, 0.15) is 0 Å². The van der Waals surface area contributed by atoms with Crippen molar-refractivity contribution in [3.8, 4) is 0 Å². The molecule has 1 unspecified atom stereocenters. The zero-order valence-corrected chi connectivity index (χ0v) is 7.89. The molecule has 0 aromatic heterocycles. The molecule has 0 saturated carbocycles. The van der Waals surface area contributed by atoms with Gasteiger partial charge in [-0.3, -0.25) is 0 Å². The van der Waals surface area contributed by atoms with E-state index in [4.69, 9.17) is 0 Å². The van der Waals surface area contributed by atoms with Gasteiger partial charge in [-0.15, -0.1) is 0 Å².